The molecule has 0 spiro atoms. The summed E-state index contributed by atoms with van der Waals surface area (Å²) in [7, 11) is 0. The van der Waals surface area contributed by atoms with Crippen molar-refractivity contribution in [2.75, 3.05) is 5.73 Å². The zero-order chi connectivity index (χ0) is 14.8. The SMILES string of the molecule is CCC1CCCCC1NC(=O)c1n[nH]c2ccc(N)cc12. The molecule has 0 saturated heterocycles. The van der Waals surface area contributed by atoms with Gasteiger partial charge in [0, 0.05) is 17.1 Å². The molecule has 0 aliphatic heterocycles. The van der Waals surface area contributed by atoms with Gasteiger partial charge in [0.05, 0.1) is 5.52 Å². The van der Waals surface area contributed by atoms with Crippen LogP contribution in [0.15, 0.2) is 18.2 Å². The number of nitrogens with two attached hydrogens (primary N) is 1. The van der Waals surface area contributed by atoms with Gasteiger partial charge in [0.2, 0.25) is 0 Å². The second kappa shape index (κ2) is 5.76. The molecule has 2 atom stereocenters. The van der Waals surface area contributed by atoms with E-state index in [9.17, 15) is 4.79 Å². The van der Waals surface area contributed by atoms with Crippen molar-refractivity contribution >= 4 is 22.5 Å². The molecule has 2 unspecified atom stereocenters. The number of carbonyl (C=O) groups excluding carboxylic acids is 1. The predicted molar refractivity (Wildman–Crippen MR) is 84.0 cm³/mol. The van der Waals surface area contributed by atoms with Gasteiger partial charge in [-0.2, -0.15) is 5.10 Å². The lowest BCUT2D eigenvalue weighted by Crippen LogP contribution is -2.42. The number of hydrogen-bond donors (Lipinski definition) is 3. The van der Waals surface area contributed by atoms with Gasteiger partial charge >= 0.3 is 0 Å². The number of nitrogens with one attached hydrogen (secondary N) is 2. The van der Waals surface area contributed by atoms with Crippen molar-refractivity contribution < 1.29 is 4.79 Å². The highest BCUT2D eigenvalue weighted by atomic mass is 16.2. The first-order valence-corrected chi connectivity index (χ1v) is 7.73. The van der Waals surface area contributed by atoms with Crippen molar-refractivity contribution in [1.82, 2.24) is 15.5 Å². The fourth-order valence-electron chi connectivity index (χ4n) is 3.33. The molecule has 3 rings (SSSR count). The average molecular weight is 286 g/mol. The highest BCUT2D eigenvalue weighted by Crippen LogP contribution is 2.27. The Morgan fingerprint density at radius 1 is 1.43 bits per heavy atom. The van der Waals surface area contributed by atoms with Crippen molar-refractivity contribution in [3.8, 4) is 0 Å². The summed E-state index contributed by atoms with van der Waals surface area (Å²) in [5.41, 5.74) is 7.73. The molecule has 1 aromatic heterocycles. The van der Waals surface area contributed by atoms with E-state index in [2.05, 4.69) is 22.4 Å². The van der Waals surface area contributed by atoms with E-state index in [1.54, 1.807) is 12.1 Å². The minimum Gasteiger partial charge on any atom is -0.399 e. The first-order valence-electron chi connectivity index (χ1n) is 7.73. The van der Waals surface area contributed by atoms with Gasteiger partial charge in [0.25, 0.3) is 5.91 Å². The normalized spacial score (nSPS) is 22.3. The zero-order valence-electron chi connectivity index (χ0n) is 12.4. The summed E-state index contributed by atoms with van der Waals surface area (Å²) in [5.74, 6) is 0.482. The fourth-order valence-corrected chi connectivity index (χ4v) is 3.33. The van der Waals surface area contributed by atoms with Gasteiger partial charge in [-0.05, 0) is 37.0 Å². The van der Waals surface area contributed by atoms with Crippen molar-refractivity contribution in [2.45, 2.75) is 45.1 Å². The molecule has 1 aromatic carbocycles. The molecule has 5 heteroatoms. The summed E-state index contributed by atoms with van der Waals surface area (Å²) < 4.78 is 0. The van der Waals surface area contributed by atoms with Crippen molar-refractivity contribution in [3.05, 3.63) is 23.9 Å². The average Bonchev–Trinajstić information content (AvgIpc) is 2.90. The largest absolute Gasteiger partial charge is 0.399 e. The Morgan fingerprint density at radius 2 is 2.24 bits per heavy atom. The van der Waals surface area contributed by atoms with Crippen LogP contribution in [0.25, 0.3) is 10.9 Å². The van der Waals surface area contributed by atoms with Crippen LogP contribution < -0.4 is 11.1 Å². The maximum atomic E-state index is 12.5. The second-order valence-corrected chi connectivity index (χ2v) is 5.91. The Bertz CT molecular complexity index is 649. The third-order valence-electron chi connectivity index (χ3n) is 4.55. The van der Waals surface area contributed by atoms with Gasteiger partial charge in [0.15, 0.2) is 5.69 Å². The molecular formula is C16H22N4O. The number of carbonyl (C=O) groups is 1. The molecule has 112 valence electrons. The van der Waals surface area contributed by atoms with Gasteiger partial charge in [-0.15, -0.1) is 0 Å². The van der Waals surface area contributed by atoms with Gasteiger partial charge in [0.1, 0.15) is 0 Å². The molecular weight excluding hydrogens is 264 g/mol. The van der Waals surface area contributed by atoms with Crippen LogP contribution >= 0.6 is 0 Å². The number of aromatic nitrogens is 2. The monoisotopic (exact) mass is 286 g/mol. The molecule has 1 heterocycles. The Morgan fingerprint density at radius 3 is 3.05 bits per heavy atom. The summed E-state index contributed by atoms with van der Waals surface area (Å²) in [6.45, 7) is 2.19. The molecule has 1 fully saturated rings. The molecule has 1 amide bonds. The third kappa shape index (κ3) is 2.73. The molecule has 5 nitrogen and oxygen atoms in total. The lowest BCUT2D eigenvalue weighted by atomic mass is 9.83. The lowest BCUT2D eigenvalue weighted by molar-refractivity contribution is 0.0901. The Hall–Kier alpha value is -2.04. The first-order chi connectivity index (χ1) is 10.2. The maximum Gasteiger partial charge on any atom is 0.272 e. The summed E-state index contributed by atoms with van der Waals surface area (Å²) in [4.78, 5) is 12.5. The van der Waals surface area contributed by atoms with E-state index in [1.165, 1.54) is 19.3 Å². The molecule has 1 aliphatic rings. The van der Waals surface area contributed by atoms with Gasteiger partial charge < -0.3 is 11.1 Å². The number of H-pyrrole nitrogens is 1. The van der Waals surface area contributed by atoms with E-state index in [1.807, 2.05) is 6.07 Å². The molecule has 4 N–H and O–H groups in total. The smallest absolute Gasteiger partial charge is 0.272 e. The standard InChI is InChI=1S/C16H22N4O/c1-2-10-5-3-4-6-13(10)18-16(21)15-12-9-11(17)7-8-14(12)19-20-15/h7-10,13H,2-6,17H2,1H3,(H,18,21)(H,19,20). The fraction of sp³-hybridized carbons (Fsp3) is 0.500. The predicted octanol–water partition coefficient (Wildman–Crippen LogP) is 2.84. The van der Waals surface area contributed by atoms with Gasteiger partial charge in [-0.1, -0.05) is 26.2 Å². The van der Waals surface area contributed by atoms with Crippen LogP contribution in [-0.4, -0.2) is 22.1 Å². The molecule has 1 aliphatic carbocycles. The van der Waals surface area contributed by atoms with Crippen LogP contribution in [0.1, 0.15) is 49.5 Å². The van der Waals surface area contributed by atoms with E-state index >= 15 is 0 Å². The van der Waals surface area contributed by atoms with E-state index in [0.29, 0.717) is 17.3 Å². The summed E-state index contributed by atoms with van der Waals surface area (Å²) >= 11 is 0. The number of anilines is 1. The number of hydrogen-bond acceptors (Lipinski definition) is 3. The first kappa shape index (κ1) is 13.9. The molecule has 0 bridgehead atoms. The van der Waals surface area contributed by atoms with Gasteiger partial charge in [-0.3, -0.25) is 9.89 Å². The minimum atomic E-state index is -0.0998. The summed E-state index contributed by atoms with van der Waals surface area (Å²) in [6, 6.07) is 5.72. The number of benzene rings is 1. The summed E-state index contributed by atoms with van der Waals surface area (Å²) in [6.07, 6.45) is 5.84. The van der Waals surface area contributed by atoms with Crippen molar-refractivity contribution in [3.63, 3.8) is 0 Å². The maximum absolute atomic E-state index is 12.5. The highest BCUT2D eigenvalue weighted by Gasteiger charge is 2.26. The Labute approximate surface area is 124 Å². The number of amides is 1. The van der Waals surface area contributed by atoms with Gasteiger partial charge in [-0.25, -0.2) is 0 Å². The van der Waals surface area contributed by atoms with Crippen LogP contribution in [0.3, 0.4) is 0 Å². The van der Waals surface area contributed by atoms with E-state index < -0.39 is 0 Å². The third-order valence-corrected chi connectivity index (χ3v) is 4.55. The highest BCUT2D eigenvalue weighted by molar-refractivity contribution is 6.05. The zero-order valence-corrected chi connectivity index (χ0v) is 12.4. The molecule has 0 radical (unpaired) electrons. The molecule has 2 aromatic rings. The number of rotatable bonds is 3. The summed E-state index contributed by atoms with van der Waals surface area (Å²) in [5, 5.41) is 11.0. The number of nitrogens with zero attached hydrogens (tertiary/aromatic N) is 1. The van der Waals surface area contributed by atoms with E-state index in [4.69, 9.17) is 5.73 Å². The number of nitrogen functional groups attached to an aromatic ring is 1. The topological polar surface area (TPSA) is 83.8 Å². The van der Waals surface area contributed by atoms with E-state index in [0.717, 1.165) is 23.7 Å². The van der Waals surface area contributed by atoms with Crippen LogP contribution in [0, 0.1) is 5.92 Å². The van der Waals surface area contributed by atoms with Crippen LogP contribution in [0.5, 0.6) is 0 Å². The van der Waals surface area contributed by atoms with Crippen molar-refractivity contribution in [1.29, 1.82) is 0 Å². The van der Waals surface area contributed by atoms with Crippen LogP contribution in [0.4, 0.5) is 5.69 Å². The Balaban J connectivity index is 1.82. The lowest BCUT2D eigenvalue weighted by Gasteiger charge is -2.31. The quantitative estimate of drug-likeness (QED) is 0.759. The van der Waals surface area contributed by atoms with Crippen LogP contribution in [-0.2, 0) is 0 Å². The minimum absolute atomic E-state index is 0.0998. The molecule has 21 heavy (non-hydrogen) atoms. The number of fused-ring (bicyclic) bond motifs is 1. The Kier molecular flexibility index (Phi) is 3.82. The van der Waals surface area contributed by atoms with Crippen LogP contribution in [0.2, 0.25) is 0 Å². The van der Waals surface area contributed by atoms with Crippen molar-refractivity contribution in [2.24, 2.45) is 5.92 Å². The number of aromatic amines is 1. The van der Waals surface area contributed by atoms with E-state index in [-0.39, 0.29) is 11.9 Å². The molecule has 1 saturated carbocycles. The second-order valence-electron chi connectivity index (χ2n) is 5.91.